The number of nitrogens with zero attached hydrogens (tertiary/aromatic N) is 2. The molecule has 0 radical (unpaired) electrons. The van der Waals surface area contributed by atoms with Crippen LogP contribution in [-0.2, 0) is 11.2 Å². The van der Waals surface area contributed by atoms with Gasteiger partial charge >= 0.3 is 0 Å². The lowest BCUT2D eigenvalue weighted by Gasteiger charge is -2.06. The fourth-order valence-electron chi connectivity index (χ4n) is 1.39. The van der Waals surface area contributed by atoms with Crippen LogP contribution < -0.4 is 15.6 Å². The van der Waals surface area contributed by atoms with Crippen molar-refractivity contribution in [2.75, 3.05) is 0 Å². The van der Waals surface area contributed by atoms with Gasteiger partial charge in [0.2, 0.25) is 5.91 Å². The number of hydrazine groups is 1. The van der Waals surface area contributed by atoms with E-state index in [-0.39, 0.29) is 12.0 Å². The fourth-order valence-corrected chi connectivity index (χ4v) is 1.39. The van der Waals surface area contributed by atoms with Crippen molar-refractivity contribution in [1.82, 2.24) is 21.0 Å². The molecule has 0 aliphatic heterocycles. The van der Waals surface area contributed by atoms with E-state index >= 15 is 0 Å². The van der Waals surface area contributed by atoms with E-state index in [1.165, 1.54) is 24.5 Å². The number of aromatic amines is 1. The Bertz CT molecular complexity index is 582. The highest BCUT2D eigenvalue weighted by Gasteiger charge is 2.10. The van der Waals surface area contributed by atoms with Crippen molar-refractivity contribution in [3.05, 3.63) is 53.3 Å². The van der Waals surface area contributed by atoms with Gasteiger partial charge in [-0.15, -0.1) is 0 Å². The Morgan fingerprint density at radius 1 is 1.37 bits per heavy atom. The highest BCUT2D eigenvalue weighted by Crippen LogP contribution is 1.94. The third kappa shape index (κ3) is 3.53. The van der Waals surface area contributed by atoms with E-state index in [1.54, 1.807) is 6.07 Å². The molecule has 98 valence electrons. The van der Waals surface area contributed by atoms with Crippen molar-refractivity contribution >= 4 is 11.8 Å². The molecule has 19 heavy (non-hydrogen) atoms. The van der Waals surface area contributed by atoms with Crippen LogP contribution in [-0.4, -0.2) is 22.0 Å². The van der Waals surface area contributed by atoms with Crippen LogP contribution in [0.1, 0.15) is 16.1 Å². The van der Waals surface area contributed by atoms with Gasteiger partial charge < -0.3 is 5.21 Å². The predicted molar refractivity (Wildman–Crippen MR) is 63.3 cm³/mol. The molecular formula is C11H11N5O3. The Morgan fingerprint density at radius 2 is 2.21 bits per heavy atom. The molecule has 0 atom stereocenters. The summed E-state index contributed by atoms with van der Waals surface area (Å²) < 4.78 is 0.501. The average Bonchev–Trinajstić information content (AvgIpc) is 2.88. The number of carbonyl (C=O) groups is 2. The summed E-state index contributed by atoms with van der Waals surface area (Å²) >= 11 is 0. The lowest BCUT2D eigenvalue weighted by molar-refractivity contribution is -0.605. The minimum atomic E-state index is -0.567. The van der Waals surface area contributed by atoms with Crippen LogP contribution >= 0.6 is 0 Å². The van der Waals surface area contributed by atoms with Crippen LogP contribution in [0.25, 0.3) is 0 Å². The average molecular weight is 261 g/mol. The van der Waals surface area contributed by atoms with E-state index in [0.29, 0.717) is 10.4 Å². The maximum Gasteiger partial charge on any atom is 0.275 e. The molecule has 0 unspecified atom stereocenters. The van der Waals surface area contributed by atoms with Gasteiger partial charge in [0, 0.05) is 18.0 Å². The number of hydrogen-bond acceptors (Lipinski definition) is 4. The summed E-state index contributed by atoms with van der Waals surface area (Å²) in [6.07, 6.45) is 3.96. The number of amides is 2. The van der Waals surface area contributed by atoms with Gasteiger partial charge in [0.25, 0.3) is 5.91 Å². The van der Waals surface area contributed by atoms with E-state index in [1.807, 2.05) is 0 Å². The van der Waals surface area contributed by atoms with Crippen molar-refractivity contribution in [3.8, 4) is 0 Å². The smallest absolute Gasteiger partial charge is 0.275 e. The lowest BCUT2D eigenvalue weighted by atomic mass is 10.3. The maximum absolute atomic E-state index is 11.6. The molecule has 2 rings (SSSR count). The van der Waals surface area contributed by atoms with Crippen LogP contribution in [0.5, 0.6) is 0 Å². The Kier molecular flexibility index (Phi) is 3.72. The van der Waals surface area contributed by atoms with Gasteiger partial charge in [-0.1, -0.05) is 0 Å². The first kappa shape index (κ1) is 12.6. The van der Waals surface area contributed by atoms with Crippen LogP contribution in [0.15, 0.2) is 36.8 Å². The Hall–Kier alpha value is -2.90. The van der Waals surface area contributed by atoms with Crippen molar-refractivity contribution in [3.63, 3.8) is 0 Å². The highest BCUT2D eigenvalue weighted by molar-refractivity contribution is 5.94. The summed E-state index contributed by atoms with van der Waals surface area (Å²) in [4.78, 5) is 23.1. The van der Waals surface area contributed by atoms with Crippen LogP contribution in [0.3, 0.4) is 0 Å². The lowest BCUT2D eigenvalue weighted by Crippen LogP contribution is -2.43. The minimum absolute atomic E-state index is 0.0661. The Morgan fingerprint density at radius 3 is 2.89 bits per heavy atom. The quantitative estimate of drug-likeness (QED) is 0.375. The first-order valence-corrected chi connectivity index (χ1v) is 5.41. The zero-order chi connectivity index (χ0) is 13.7. The van der Waals surface area contributed by atoms with E-state index in [0.717, 1.165) is 6.20 Å². The van der Waals surface area contributed by atoms with E-state index in [9.17, 15) is 14.8 Å². The Balaban J connectivity index is 1.85. The summed E-state index contributed by atoms with van der Waals surface area (Å²) in [5.74, 6) is -0.966. The summed E-state index contributed by atoms with van der Waals surface area (Å²) in [5.41, 5.74) is 5.24. The molecule has 0 aromatic carbocycles. The number of rotatable bonds is 3. The second-order valence-corrected chi connectivity index (χ2v) is 3.71. The molecule has 0 spiro atoms. The zero-order valence-corrected chi connectivity index (χ0v) is 9.79. The third-order valence-corrected chi connectivity index (χ3v) is 2.26. The fraction of sp³-hybridized carbons (Fsp3) is 0.0909. The van der Waals surface area contributed by atoms with Crippen molar-refractivity contribution in [2.24, 2.45) is 0 Å². The number of pyridine rings is 1. The third-order valence-electron chi connectivity index (χ3n) is 2.26. The molecule has 0 saturated carbocycles. The first-order chi connectivity index (χ1) is 9.15. The SMILES string of the molecule is O=C(Cc1ccn[nH]1)NNC(=O)c1ccc[n+]([O-])c1. The molecule has 8 heteroatoms. The van der Waals surface area contributed by atoms with Gasteiger partial charge in [0.1, 0.15) is 5.56 Å². The van der Waals surface area contributed by atoms with Crippen molar-refractivity contribution in [2.45, 2.75) is 6.42 Å². The minimum Gasteiger partial charge on any atom is -0.619 e. The van der Waals surface area contributed by atoms with Crippen molar-refractivity contribution < 1.29 is 14.3 Å². The topological polar surface area (TPSA) is 114 Å². The van der Waals surface area contributed by atoms with Gasteiger partial charge in [-0.3, -0.25) is 25.5 Å². The zero-order valence-electron chi connectivity index (χ0n) is 9.79. The normalized spacial score (nSPS) is 9.89. The Labute approximate surface area is 108 Å². The molecule has 0 aliphatic carbocycles. The molecule has 0 fully saturated rings. The predicted octanol–water partition coefficient (Wildman–Crippen LogP) is -0.953. The van der Waals surface area contributed by atoms with Crippen LogP contribution in [0.2, 0.25) is 0 Å². The number of carbonyl (C=O) groups excluding carboxylic acids is 2. The molecule has 2 aromatic rings. The van der Waals surface area contributed by atoms with Gasteiger partial charge in [-0.05, 0) is 12.1 Å². The van der Waals surface area contributed by atoms with Crippen LogP contribution in [0.4, 0.5) is 0 Å². The van der Waals surface area contributed by atoms with Gasteiger partial charge in [0.15, 0.2) is 12.4 Å². The first-order valence-electron chi connectivity index (χ1n) is 5.41. The molecule has 2 heterocycles. The molecule has 0 bridgehead atoms. The molecule has 0 saturated heterocycles. The molecular weight excluding hydrogens is 250 g/mol. The monoisotopic (exact) mass is 261 g/mol. The van der Waals surface area contributed by atoms with Crippen molar-refractivity contribution in [1.29, 1.82) is 0 Å². The summed E-state index contributed by atoms with van der Waals surface area (Å²) in [5, 5.41) is 17.3. The standard InChI is InChI=1S/C11H11N5O3/c17-10(6-9-3-4-12-13-9)14-15-11(18)8-2-1-5-16(19)7-8/h1-5,7H,6H2,(H,12,13)(H,14,17)(H,15,18). The highest BCUT2D eigenvalue weighted by atomic mass is 16.5. The largest absolute Gasteiger partial charge is 0.619 e. The van der Waals surface area contributed by atoms with E-state index < -0.39 is 11.8 Å². The molecule has 8 nitrogen and oxygen atoms in total. The van der Waals surface area contributed by atoms with Gasteiger partial charge in [-0.25, -0.2) is 0 Å². The number of hydrogen-bond donors (Lipinski definition) is 3. The number of H-pyrrole nitrogens is 1. The summed E-state index contributed by atoms with van der Waals surface area (Å²) in [6.45, 7) is 0. The van der Waals surface area contributed by atoms with Crippen LogP contribution in [0, 0.1) is 5.21 Å². The number of nitrogens with one attached hydrogen (secondary N) is 3. The molecule has 0 aliphatic rings. The summed E-state index contributed by atoms with van der Waals surface area (Å²) in [6, 6.07) is 4.55. The second-order valence-electron chi connectivity index (χ2n) is 3.71. The molecule has 2 aromatic heterocycles. The maximum atomic E-state index is 11.6. The van der Waals surface area contributed by atoms with E-state index in [2.05, 4.69) is 21.0 Å². The number of aromatic nitrogens is 3. The second kappa shape index (κ2) is 5.63. The van der Waals surface area contributed by atoms with Gasteiger partial charge in [0.05, 0.1) is 6.42 Å². The van der Waals surface area contributed by atoms with E-state index in [4.69, 9.17) is 0 Å². The van der Waals surface area contributed by atoms with Gasteiger partial charge in [-0.2, -0.15) is 9.83 Å². The summed E-state index contributed by atoms with van der Waals surface area (Å²) in [7, 11) is 0. The molecule has 2 amide bonds. The molecule has 3 N–H and O–H groups in total.